The molecule has 0 spiro atoms. The van der Waals surface area contributed by atoms with Crippen molar-refractivity contribution < 1.29 is 9.53 Å². The van der Waals surface area contributed by atoms with Crippen LogP contribution in [-0.2, 0) is 9.53 Å². The monoisotopic (exact) mass is 392 g/mol. The van der Waals surface area contributed by atoms with Crippen LogP contribution >= 0.6 is 46.3 Å². The third kappa shape index (κ3) is 6.52. The van der Waals surface area contributed by atoms with E-state index < -0.39 is 0 Å². The maximum Gasteiger partial charge on any atom is 0.234 e. The molecule has 0 unspecified atom stereocenters. The number of halogens is 2. The first-order valence-corrected chi connectivity index (χ1v) is 9.07. The molecule has 0 saturated heterocycles. The fraction of sp³-hybridized carbons (Fsp3) is 0.308. The minimum Gasteiger partial charge on any atom is -0.383 e. The molecule has 2 rings (SSSR count). The van der Waals surface area contributed by atoms with E-state index in [9.17, 15) is 4.79 Å². The van der Waals surface area contributed by atoms with Gasteiger partial charge in [0.2, 0.25) is 11.0 Å². The van der Waals surface area contributed by atoms with E-state index in [2.05, 4.69) is 20.8 Å². The van der Waals surface area contributed by atoms with Crippen molar-refractivity contribution in [3.8, 4) is 0 Å². The van der Waals surface area contributed by atoms with Gasteiger partial charge in [-0.1, -0.05) is 46.3 Å². The summed E-state index contributed by atoms with van der Waals surface area (Å²) in [6.07, 6.45) is 0. The molecule has 0 radical (unpaired) electrons. The summed E-state index contributed by atoms with van der Waals surface area (Å²) in [4.78, 5) is 11.9. The molecule has 1 amide bonds. The maximum atomic E-state index is 11.9. The van der Waals surface area contributed by atoms with Gasteiger partial charge in [0, 0.05) is 29.4 Å². The molecule has 0 aliphatic carbocycles. The number of aromatic nitrogens is 2. The smallest absolute Gasteiger partial charge is 0.234 e. The molecule has 124 valence electrons. The van der Waals surface area contributed by atoms with Crippen molar-refractivity contribution in [2.24, 2.45) is 0 Å². The number of thioether (sulfide) groups is 1. The number of nitrogens with zero attached hydrogens (tertiary/aromatic N) is 2. The lowest BCUT2D eigenvalue weighted by Gasteiger charge is -2.05. The number of amides is 1. The molecule has 1 aromatic heterocycles. The van der Waals surface area contributed by atoms with Gasteiger partial charge in [0.1, 0.15) is 0 Å². The van der Waals surface area contributed by atoms with Gasteiger partial charge in [-0.25, -0.2) is 0 Å². The minimum absolute atomic E-state index is 0.169. The predicted octanol–water partition coefficient (Wildman–Crippen LogP) is 3.63. The normalized spacial score (nSPS) is 10.6. The van der Waals surface area contributed by atoms with Gasteiger partial charge in [-0.3, -0.25) is 4.79 Å². The highest BCUT2D eigenvalue weighted by atomic mass is 35.5. The molecular weight excluding hydrogens is 379 g/mol. The van der Waals surface area contributed by atoms with Crippen LogP contribution in [0.4, 0.5) is 10.8 Å². The summed E-state index contributed by atoms with van der Waals surface area (Å²) in [6.45, 7) is 1.25. The zero-order chi connectivity index (χ0) is 16.7. The van der Waals surface area contributed by atoms with Gasteiger partial charge >= 0.3 is 0 Å². The molecule has 0 atom stereocenters. The zero-order valence-corrected chi connectivity index (χ0v) is 15.3. The summed E-state index contributed by atoms with van der Waals surface area (Å²) in [5, 5.41) is 15.5. The van der Waals surface area contributed by atoms with Gasteiger partial charge in [0.05, 0.1) is 12.4 Å². The first kappa shape index (κ1) is 18.3. The molecule has 0 aliphatic rings. The highest BCUT2D eigenvalue weighted by Crippen LogP contribution is 2.26. The molecule has 0 bridgehead atoms. The second-order valence-electron chi connectivity index (χ2n) is 4.29. The van der Waals surface area contributed by atoms with Crippen LogP contribution in [0.2, 0.25) is 10.0 Å². The fourth-order valence-electron chi connectivity index (χ4n) is 1.55. The third-order valence-corrected chi connectivity index (χ3v) is 4.91. The minimum atomic E-state index is -0.169. The van der Waals surface area contributed by atoms with E-state index >= 15 is 0 Å². The van der Waals surface area contributed by atoms with Crippen molar-refractivity contribution in [2.45, 2.75) is 4.34 Å². The molecule has 23 heavy (non-hydrogen) atoms. The number of rotatable bonds is 8. The number of carbonyl (C=O) groups excluding carboxylic acids is 1. The largest absolute Gasteiger partial charge is 0.383 e. The van der Waals surface area contributed by atoms with Crippen LogP contribution in [0.1, 0.15) is 0 Å². The van der Waals surface area contributed by atoms with Gasteiger partial charge in [-0.05, 0) is 18.2 Å². The molecule has 10 heteroatoms. The highest BCUT2D eigenvalue weighted by molar-refractivity contribution is 8.01. The molecule has 6 nitrogen and oxygen atoms in total. The van der Waals surface area contributed by atoms with E-state index in [0.717, 1.165) is 0 Å². The Kier molecular flexibility index (Phi) is 7.38. The maximum absolute atomic E-state index is 11.9. The summed E-state index contributed by atoms with van der Waals surface area (Å²) < 4.78 is 5.65. The number of methoxy groups -OCH3 is 1. The Morgan fingerprint density at radius 2 is 2.04 bits per heavy atom. The lowest BCUT2D eigenvalue weighted by molar-refractivity contribution is -0.113. The Bertz CT molecular complexity index is 649. The molecule has 0 fully saturated rings. The van der Waals surface area contributed by atoms with Crippen molar-refractivity contribution in [3.63, 3.8) is 0 Å². The van der Waals surface area contributed by atoms with Crippen LogP contribution in [0, 0.1) is 0 Å². The highest BCUT2D eigenvalue weighted by Gasteiger charge is 2.09. The van der Waals surface area contributed by atoms with Crippen molar-refractivity contribution >= 4 is 63.0 Å². The molecule has 1 aromatic carbocycles. The lowest BCUT2D eigenvalue weighted by atomic mass is 10.3. The first-order chi connectivity index (χ1) is 11.1. The second kappa shape index (κ2) is 9.29. The standard InChI is InChI=1S/C13H14Cl2N4O2S2/c1-21-3-2-16-12-18-19-13(23-12)22-7-11(20)17-10-5-8(14)4-9(15)6-10/h4-6H,2-3,7H2,1H3,(H,16,18)(H,17,20). The molecule has 1 heterocycles. The Labute approximate surface area is 151 Å². The Morgan fingerprint density at radius 1 is 1.30 bits per heavy atom. The number of anilines is 2. The quantitative estimate of drug-likeness (QED) is 0.527. The zero-order valence-electron chi connectivity index (χ0n) is 12.1. The molecular formula is C13H14Cl2N4O2S2. The lowest BCUT2D eigenvalue weighted by Crippen LogP contribution is -2.13. The van der Waals surface area contributed by atoms with E-state index in [1.165, 1.54) is 23.1 Å². The van der Waals surface area contributed by atoms with Gasteiger partial charge in [-0.15, -0.1) is 10.2 Å². The van der Waals surface area contributed by atoms with Gasteiger partial charge < -0.3 is 15.4 Å². The summed E-state index contributed by atoms with van der Waals surface area (Å²) in [5.74, 6) is 0.0500. The predicted molar refractivity (Wildman–Crippen MR) is 96.1 cm³/mol. The second-order valence-corrected chi connectivity index (χ2v) is 7.36. The molecule has 2 aromatic rings. The molecule has 0 saturated carbocycles. The Morgan fingerprint density at radius 3 is 2.74 bits per heavy atom. The van der Waals surface area contributed by atoms with E-state index in [0.29, 0.717) is 38.4 Å². The van der Waals surface area contributed by atoms with Crippen LogP contribution in [0.25, 0.3) is 0 Å². The summed E-state index contributed by atoms with van der Waals surface area (Å²) in [7, 11) is 1.63. The number of nitrogens with one attached hydrogen (secondary N) is 2. The number of hydrogen-bond donors (Lipinski definition) is 2. The number of hydrogen-bond acceptors (Lipinski definition) is 7. The average Bonchev–Trinajstić information content (AvgIpc) is 2.92. The van der Waals surface area contributed by atoms with Crippen molar-refractivity contribution in [3.05, 3.63) is 28.2 Å². The number of carbonyl (C=O) groups is 1. The SMILES string of the molecule is COCCNc1nnc(SCC(=O)Nc2cc(Cl)cc(Cl)c2)s1. The number of ether oxygens (including phenoxy) is 1. The Balaban J connectivity index is 1.80. The molecule has 2 N–H and O–H groups in total. The number of benzene rings is 1. The van der Waals surface area contributed by atoms with Crippen LogP contribution in [0.5, 0.6) is 0 Å². The van der Waals surface area contributed by atoms with Crippen LogP contribution < -0.4 is 10.6 Å². The molecule has 0 aliphatic heterocycles. The Hall–Kier alpha value is -1.06. The summed E-state index contributed by atoms with van der Waals surface area (Å²) in [6, 6.07) is 4.88. The van der Waals surface area contributed by atoms with Crippen LogP contribution in [0.15, 0.2) is 22.5 Å². The topological polar surface area (TPSA) is 76.1 Å². The van der Waals surface area contributed by atoms with Crippen molar-refractivity contribution in [1.82, 2.24) is 10.2 Å². The van der Waals surface area contributed by atoms with Gasteiger partial charge in [0.15, 0.2) is 4.34 Å². The fourth-order valence-corrected chi connectivity index (χ4v) is 3.65. The van der Waals surface area contributed by atoms with E-state index in [4.69, 9.17) is 27.9 Å². The van der Waals surface area contributed by atoms with E-state index in [1.54, 1.807) is 25.3 Å². The van der Waals surface area contributed by atoms with Gasteiger partial charge in [-0.2, -0.15) is 0 Å². The third-order valence-electron chi connectivity index (χ3n) is 2.46. The summed E-state index contributed by atoms with van der Waals surface area (Å²) in [5.41, 5.74) is 0.562. The summed E-state index contributed by atoms with van der Waals surface area (Å²) >= 11 is 14.5. The average molecular weight is 393 g/mol. The van der Waals surface area contributed by atoms with Crippen LogP contribution in [0.3, 0.4) is 0 Å². The van der Waals surface area contributed by atoms with Crippen molar-refractivity contribution in [1.29, 1.82) is 0 Å². The first-order valence-electron chi connectivity index (χ1n) is 6.52. The van der Waals surface area contributed by atoms with Crippen LogP contribution in [-0.4, -0.2) is 42.1 Å². The van der Waals surface area contributed by atoms with E-state index in [-0.39, 0.29) is 11.7 Å². The van der Waals surface area contributed by atoms with E-state index in [1.807, 2.05) is 0 Å². The van der Waals surface area contributed by atoms with Crippen molar-refractivity contribution in [2.75, 3.05) is 36.6 Å². The van der Waals surface area contributed by atoms with Gasteiger partial charge in [0.25, 0.3) is 0 Å².